The van der Waals surface area contributed by atoms with E-state index in [0.717, 1.165) is 19.3 Å². The Labute approximate surface area is 194 Å². The number of carbonyl (C=O) groups excluding carboxylic acids is 2. The first-order valence-electron chi connectivity index (χ1n) is 11.1. The van der Waals surface area contributed by atoms with Crippen molar-refractivity contribution >= 4 is 27.6 Å². The SMILES string of the molecule is CCCN(CC1CC1)C(=O)COC(=O)c1ccccc1NS(=O)(=O)c1ccc(OCC)cc1. The second kappa shape index (κ2) is 11.2. The van der Waals surface area contributed by atoms with Crippen molar-refractivity contribution in [2.24, 2.45) is 5.92 Å². The molecule has 2 aromatic carbocycles. The molecule has 1 N–H and O–H groups in total. The first-order valence-corrected chi connectivity index (χ1v) is 12.6. The molecule has 0 heterocycles. The van der Waals surface area contributed by atoms with Gasteiger partial charge in [0.2, 0.25) is 0 Å². The molecule has 0 aromatic heterocycles. The number of sulfonamides is 1. The maximum absolute atomic E-state index is 12.8. The summed E-state index contributed by atoms with van der Waals surface area (Å²) in [4.78, 5) is 27.0. The highest BCUT2D eigenvalue weighted by Crippen LogP contribution is 2.30. The Morgan fingerprint density at radius 1 is 1.06 bits per heavy atom. The molecular formula is C24H30N2O6S. The van der Waals surface area contributed by atoms with E-state index in [1.165, 1.54) is 24.3 Å². The van der Waals surface area contributed by atoms with E-state index in [9.17, 15) is 18.0 Å². The molecule has 9 heteroatoms. The number of nitrogens with zero attached hydrogens (tertiary/aromatic N) is 1. The number of rotatable bonds is 12. The van der Waals surface area contributed by atoms with Crippen molar-refractivity contribution in [1.82, 2.24) is 4.90 Å². The van der Waals surface area contributed by atoms with E-state index in [1.54, 1.807) is 29.2 Å². The molecule has 0 spiro atoms. The van der Waals surface area contributed by atoms with E-state index in [4.69, 9.17) is 9.47 Å². The van der Waals surface area contributed by atoms with Gasteiger partial charge in [-0.25, -0.2) is 13.2 Å². The van der Waals surface area contributed by atoms with Gasteiger partial charge in [0, 0.05) is 13.1 Å². The van der Waals surface area contributed by atoms with Gasteiger partial charge in [-0.2, -0.15) is 0 Å². The molecule has 0 atom stereocenters. The molecule has 1 saturated carbocycles. The van der Waals surface area contributed by atoms with E-state index in [1.807, 2.05) is 13.8 Å². The Balaban J connectivity index is 1.67. The van der Waals surface area contributed by atoms with E-state index in [2.05, 4.69) is 4.72 Å². The summed E-state index contributed by atoms with van der Waals surface area (Å²) in [6.45, 7) is 5.22. The molecule has 8 nitrogen and oxygen atoms in total. The molecule has 1 amide bonds. The third-order valence-electron chi connectivity index (χ3n) is 5.18. The van der Waals surface area contributed by atoms with Crippen LogP contribution in [0.3, 0.4) is 0 Å². The minimum atomic E-state index is -3.95. The smallest absolute Gasteiger partial charge is 0.340 e. The van der Waals surface area contributed by atoms with Crippen molar-refractivity contribution in [3.8, 4) is 5.75 Å². The number of hydrogen-bond acceptors (Lipinski definition) is 6. The van der Waals surface area contributed by atoms with Crippen molar-refractivity contribution in [2.45, 2.75) is 38.0 Å². The molecule has 0 unspecified atom stereocenters. The van der Waals surface area contributed by atoms with Gasteiger partial charge in [0.1, 0.15) is 5.75 Å². The van der Waals surface area contributed by atoms with Crippen molar-refractivity contribution < 1.29 is 27.5 Å². The first kappa shape index (κ1) is 24.6. The molecule has 178 valence electrons. The van der Waals surface area contributed by atoms with Crippen molar-refractivity contribution in [3.05, 3.63) is 54.1 Å². The molecule has 33 heavy (non-hydrogen) atoms. The summed E-state index contributed by atoms with van der Waals surface area (Å²) >= 11 is 0. The lowest BCUT2D eigenvalue weighted by Crippen LogP contribution is -2.36. The minimum Gasteiger partial charge on any atom is -0.494 e. The second-order valence-corrected chi connectivity index (χ2v) is 9.60. The van der Waals surface area contributed by atoms with E-state index < -0.39 is 16.0 Å². The fourth-order valence-electron chi connectivity index (χ4n) is 3.33. The van der Waals surface area contributed by atoms with Crippen molar-refractivity contribution in [1.29, 1.82) is 0 Å². The molecule has 1 fully saturated rings. The van der Waals surface area contributed by atoms with Crippen LogP contribution in [0.2, 0.25) is 0 Å². The Morgan fingerprint density at radius 2 is 1.76 bits per heavy atom. The zero-order chi connectivity index (χ0) is 23.8. The maximum Gasteiger partial charge on any atom is 0.340 e. The van der Waals surface area contributed by atoms with Crippen LogP contribution in [0.15, 0.2) is 53.4 Å². The topological polar surface area (TPSA) is 102 Å². The van der Waals surface area contributed by atoms with Crippen LogP contribution in [0.4, 0.5) is 5.69 Å². The van der Waals surface area contributed by atoms with Crippen LogP contribution in [0.5, 0.6) is 5.75 Å². The number of hydrogen-bond donors (Lipinski definition) is 1. The summed E-state index contributed by atoms with van der Waals surface area (Å²) in [7, 11) is -3.95. The van der Waals surface area contributed by atoms with E-state index in [0.29, 0.717) is 31.4 Å². The van der Waals surface area contributed by atoms with Gasteiger partial charge < -0.3 is 14.4 Å². The number of carbonyl (C=O) groups is 2. The Bertz CT molecular complexity index is 1060. The Hall–Kier alpha value is -3.07. The van der Waals surface area contributed by atoms with Crippen LogP contribution >= 0.6 is 0 Å². The molecule has 0 radical (unpaired) electrons. The van der Waals surface area contributed by atoms with Crippen molar-refractivity contribution in [2.75, 3.05) is 31.0 Å². The first-order chi connectivity index (χ1) is 15.8. The van der Waals surface area contributed by atoms with Gasteiger partial charge in [-0.15, -0.1) is 0 Å². The fraction of sp³-hybridized carbons (Fsp3) is 0.417. The number of esters is 1. The Morgan fingerprint density at radius 3 is 2.39 bits per heavy atom. The second-order valence-electron chi connectivity index (χ2n) is 7.91. The normalized spacial score (nSPS) is 13.3. The molecule has 2 aromatic rings. The summed E-state index contributed by atoms with van der Waals surface area (Å²) in [5.74, 6) is 0.0820. The average molecular weight is 475 g/mol. The number of anilines is 1. The number of ether oxygens (including phenoxy) is 2. The summed E-state index contributed by atoms with van der Waals surface area (Å²) in [5.41, 5.74) is 0.108. The average Bonchev–Trinajstić information content (AvgIpc) is 3.62. The molecular weight excluding hydrogens is 444 g/mol. The number of para-hydroxylation sites is 1. The van der Waals surface area contributed by atoms with Crippen LogP contribution in [-0.4, -0.2) is 51.5 Å². The molecule has 3 rings (SSSR count). The highest BCUT2D eigenvalue weighted by atomic mass is 32.2. The highest BCUT2D eigenvalue weighted by Gasteiger charge is 2.27. The lowest BCUT2D eigenvalue weighted by molar-refractivity contribution is -0.134. The predicted molar refractivity (Wildman–Crippen MR) is 125 cm³/mol. The van der Waals surface area contributed by atoms with Gasteiger partial charge in [0.05, 0.1) is 22.8 Å². The zero-order valence-corrected chi connectivity index (χ0v) is 19.8. The molecule has 1 aliphatic rings. The van der Waals surface area contributed by atoms with Crippen LogP contribution < -0.4 is 9.46 Å². The molecule has 0 bridgehead atoms. The van der Waals surface area contributed by atoms with E-state index in [-0.39, 0.29) is 28.7 Å². The quantitative estimate of drug-likeness (QED) is 0.471. The number of amides is 1. The van der Waals surface area contributed by atoms with Gasteiger partial charge >= 0.3 is 5.97 Å². The summed E-state index contributed by atoms with van der Waals surface area (Å²) in [6.07, 6.45) is 3.06. The van der Waals surface area contributed by atoms with Gasteiger partial charge in [-0.05, 0) is 68.5 Å². The number of nitrogens with one attached hydrogen (secondary N) is 1. The van der Waals surface area contributed by atoms with Gasteiger partial charge in [-0.1, -0.05) is 19.1 Å². The minimum absolute atomic E-state index is 0.0274. The number of benzene rings is 2. The van der Waals surface area contributed by atoms with Crippen molar-refractivity contribution in [3.63, 3.8) is 0 Å². The van der Waals surface area contributed by atoms with Crippen LogP contribution in [0, 0.1) is 5.92 Å². The van der Waals surface area contributed by atoms with Crippen LogP contribution in [0.25, 0.3) is 0 Å². The molecule has 0 saturated heterocycles. The monoisotopic (exact) mass is 474 g/mol. The third kappa shape index (κ3) is 6.95. The predicted octanol–water partition coefficient (Wildman–Crippen LogP) is 3.69. The lowest BCUT2D eigenvalue weighted by atomic mass is 10.2. The molecule has 0 aliphatic heterocycles. The summed E-state index contributed by atoms with van der Waals surface area (Å²) in [5, 5.41) is 0. The fourth-order valence-corrected chi connectivity index (χ4v) is 4.41. The van der Waals surface area contributed by atoms with Gasteiger partial charge in [0.15, 0.2) is 6.61 Å². The van der Waals surface area contributed by atoms with Crippen LogP contribution in [0.1, 0.15) is 43.5 Å². The van der Waals surface area contributed by atoms with Crippen LogP contribution in [-0.2, 0) is 19.6 Å². The third-order valence-corrected chi connectivity index (χ3v) is 6.57. The zero-order valence-electron chi connectivity index (χ0n) is 19.0. The standard InChI is InChI=1S/C24H30N2O6S/c1-3-15-26(16-18-9-10-18)23(27)17-32-24(28)21-7-5-6-8-22(21)25-33(29,30)20-13-11-19(12-14-20)31-4-2/h5-8,11-14,18,25H,3-4,9-10,15-17H2,1-2H3. The highest BCUT2D eigenvalue weighted by molar-refractivity contribution is 7.92. The van der Waals surface area contributed by atoms with E-state index >= 15 is 0 Å². The maximum atomic E-state index is 12.8. The molecule has 1 aliphatic carbocycles. The summed E-state index contributed by atoms with van der Waals surface area (Å²) in [6, 6.07) is 12.1. The lowest BCUT2D eigenvalue weighted by Gasteiger charge is -2.22. The van der Waals surface area contributed by atoms with Gasteiger partial charge in [0.25, 0.3) is 15.9 Å². The summed E-state index contributed by atoms with van der Waals surface area (Å²) < 4.78 is 38.6. The largest absolute Gasteiger partial charge is 0.494 e. The van der Waals surface area contributed by atoms with Gasteiger partial charge in [-0.3, -0.25) is 9.52 Å². The Kier molecular flexibility index (Phi) is 8.32.